The van der Waals surface area contributed by atoms with Crippen molar-refractivity contribution in [2.45, 2.75) is 50.1 Å². The lowest BCUT2D eigenvalue weighted by Gasteiger charge is -2.27. The Balaban J connectivity index is 1.49. The summed E-state index contributed by atoms with van der Waals surface area (Å²) < 4.78 is 50.6. The summed E-state index contributed by atoms with van der Waals surface area (Å²) in [4.78, 5) is 13.4. The number of anilines is 1. The Labute approximate surface area is 210 Å². The van der Waals surface area contributed by atoms with E-state index in [2.05, 4.69) is 20.3 Å². The molecule has 4 aromatic rings. The molecule has 0 spiro atoms. The number of alkyl halides is 2. The molecule has 2 heterocycles. The summed E-state index contributed by atoms with van der Waals surface area (Å²) in [6.07, 6.45) is 3.60. The lowest BCUT2D eigenvalue weighted by atomic mass is 9.92. The summed E-state index contributed by atoms with van der Waals surface area (Å²) in [6.45, 7) is 0. The van der Waals surface area contributed by atoms with Crippen LogP contribution in [0.25, 0.3) is 10.2 Å². The molecule has 0 saturated heterocycles. The van der Waals surface area contributed by atoms with Gasteiger partial charge in [0.05, 0.1) is 28.0 Å². The molecular formula is C26H26F3N5OS. The Morgan fingerprint density at radius 2 is 1.78 bits per heavy atom. The summed E-state index contributed by atoms with van der Waals surface area (Å²) in [5.74, 6) is -3.15. The van der Waals surface area contributed by atoms with Gasteiger partial charge in [-0.05, 0) is 74.2 Å². The van der Waals surface area contributed by atoms with Gasteiger partial charge in [0.15, 0.2) is 0 Å². The maximum Gasteiger partial charge on any atom is 0.315 e. The van der Waals surface area contributed by atoms with Crippen LogP contribution in [-0.4, -0.2) is 34.1 Å². The average molecular weight is 514 g/mol. The van der Waals surface area contributed by atoms with E-state index in [4.69, 9.17) is 10.5 Å². The van der Waals surface area contributed by atoms with Crippen LogP contribution >= 0.6 is 11.3 Å². The first kappa shape index (κ1) is 24.5. The van der Waals surface area contributed by atoms with Crippen molar-refractivity contribution < 1.29 is 17.9 Å². The fourth-order valence-corrected chi connectivity index (χ4v) is 5.39. The predicted molar refractivity (Wildman–Crippen MR) is 134 cm³/mol. The highest BCUT2D eigenvalue weighted by Crippen LogP contribution is 2.36. The molecule has 0 aliphatic heterocycles. The van der Waals surface area contributed by atoms with Gasteiger partial charge in [-0.15, -0.1) is 11.3 Å². The summed E-state index contributed by atoms with van der Waals surface area (Å²) >= 11 is 1.46. The van der Waals surface area contributed by atoms with Crippen LogP contribution in [0.4, 0.5) is 19.1 Å². The van der Waals surface area contributed by atoms with Gasteiger partial charge in [-0.2, -0.15) is 8.78 Å². The lowest BCUT2D eigenvalue weighted by Crippen LogP contribution is -2.33. The molecule has 2 aromatic heterocycles. The Hall–Kier alpha value is -3.24. The van der Waals surface area contributed by atoms with Crippen LogP contribution in [0.5, 0.6) is 5.75 Å². The topological polar surface area (TPSA) is 86.0 Å². The number of aromatic nitrogens is 3. The van der Waals surface area contributed by atoms with Gasteiger partial charge in [0.2, 0.25) is 5.95 Å². The number of nitrogens with zero attached hydrogens (tertiary/aromatic N) is 3. The largest absolute Gasteiger partial charge is 0.497 e. The third-order valence-corrected chi connectivity index (χ3v) is 7.40. The van der Waals surface area contributed by atoms with Crippen LogP contribution in [0.3, 0.4) is 0 Å². The van der Waals surface area contributed by atoms with Crippen molar-refractivity contribution in [3.63, 3.8) is 0 Å². The maximum absolute atomic E-state index is 15.5. The van der Waals surface area contributed by atoms with Crippen molar-refractivity contribution in [1.29, 1.82) is 0 Å². The molecule has 6 nitrogen and oxygen atoms in total. The highest BCUT2D eigenvalue weighted by atomic mass is 32.1. The molecule has 0 radical (unpaired) electrons. The number of thiazole rings is 1. The number of halogens is 3. The highest BCUT2D eigenvalue weighted by molar-refractivity contribution is 7.18. The van der Waals surface area contributed by atoms with E-state index in [1.807, 2.05) is 18.2 Å². The first-order valence-electron chi connectivity index (χ1n) is 11.8. The van der Waals surface area contributed by atoms with E-state index in [9.17, 15) is 4.39 Å². The smallest absolute Gasteiger partial charge is 0.315 e. The van der Waals surface area contributed by atoms with E-state index in [0.29, 0.717) is 5.69 Å². The summed E-state index contributed by atoms with van der Waals surface area (Å²) in [6, 6.07) is 11.3. The molecule has 188 valence electrons. The molecule has 1 fully saturated rings. The minimum Gasteiger partial charge on any atom is -0.497 e. The summed E-state index contributed by atoms with van der Waals surface area (Å²) in [7, 11) is 1.60. The fourth-order valence-electron chi connectivity index (χ4n) is 4.38. The number of ether oxygens (including phenoxy) is 1. The summed E-state index contributed by atoms with van der Waals surface area (Å²) in [5.41, 5.74) is 6.45. The monoisotopic (exact) mass is 513 g/mol. The number of fused-ring (bicyclic) bond motifs is 1. The van der Waals surface area contributed by atoms with Gasteiger partial charge in [0.1, 0.15) is 17.3 Å². The normalized spacial score (nSPS) is 18.4. The lowest BCUT2D eigenvalue weighted by molar-refractivity contribution is 0.0378. The molecule has 0 amide bonds. The molecule has 36 heavy (non-hydrogen) atoms. The van der Waals surface area contributed by atoms with Crippen molar-refractivity contribution in [1.82, 2.24) is 15.0 Å². The molecule has 2 aromatic carbocycles. The highest BCUT2D eigenvalue weighted by Gasteiger charge is 2.37. The molecule has 0 unspecified atom stereocenters. The molecular weight excluding hydrogens is 487 g/mol. The second-order valence-corrected chi connectivity index (χ2v) is 10.1. The zero-order valence-corrected chi connectivity index (χ0v) is 20.5. The van der Waals surface area contributed by atoms with E-state index in [1.165, 1.54) is 17.4 Å². The SMILES string of the molecule is COc1ccc2nc(Cc3cc(C(F)(F)c4ccc(F)cc4)nc(NC4CCC(N)CC4)n3)sc2c1. The first-order chi connectivity index (χ1) is 17.3. The number of hydrogen-bond donors (Lipinski definition) is 2. The van der Waals surface area contributed by atoms with Crippen molar-refractivity contribution in [2.24, 2.45) is 5.73 Å². The average Bonchev–Trinajstić information content (AvgIpc) is 3.27. The van der Waals surface area contributed by atoms with Gasteiger partial charge in [-0.3, -0.25) is 0 Å². The summed E-state index contributed by atoms with van der Waals surface area (Å²) in [5, 5.41) is 3.98. The van der Waals surface area contributed by atoms with Gasteiger partial charge < -0.3 is 15.8 Å². The third-order valence-electron chi connectivity index (χ3n) is 6.38. The second-order valence-electron chi connectivity index (χ2n) is 9.02. The van der Waals surface area contributed by atoms with Gasteiger partial charge in [0.25, 0.3) is 0 Å². The first-order valence-corrected chi connectivity index (χ1v) is 12.6. The molecule has 1 aliphatic rings. The Morgan fingerprint density at radius 1 is 1.03 bits per heavy atom. The zero-order chi connectivity index (χ0) is 25.3. The Kier molecular flexibility index (Phi) is 6.81. The van der Waals surface area contributed by atoms with Crippen LogP contribution in [-0.2, 0) is 12.3 Å². The van der Waals surface area contributed by atoms with E-state index >= 15 is 8.78 Å². The Bertz CT molecular complexity index is 1350. The minimum absolute atomic E-state index is 0.0576. The number of benzene rings is 2. The standard InChI is InChI=1S/C26H26F3N5OS/c1-35-20-10-11-21-22(14-20)36-24(33-21)13-19-12-23(26(28,29)15-2-4-16(27)5-3-15)34-25(32-19)31-18-8-6-17(30)7-9-18/h2-5,10-12,14,17-18H,6-9,13,30H2,1H3,(H,31,32,34). The Morgan fingerprint density at radius 3 is 2.50 bits per heavy atom. The number of nitrogens with one attached hydrogen (secondary N) is 1. The number of rotatable bonds is 7. The number of methoxy groups -OCH3 is 1. The van der Waals surface area contributed by atoms with Crippen molar-refractivity contribution >= 4 is 27.5 Å². The van der Waals surface area contributed by atoms with Crippen LogP contribution in [0.1, 0.15) is 47.6 Å². The quantitative estimate of drug-likeness (QED) is 0.332. The molecule has 10 heteroatoms. The second kappa shape index (κ2) is 10.0. The predicted octanol–water partition coefficient (Wildman–Crippen LogP) is 5.65. The molecule has 0 atom stereocenters. The van der Waals surface area contributed by atoms with Crippen molar-refractivity contribution in [3.8, 4) is 5.75 Å². The fraction of sp³-hybridized carbons (Fsp3) is 0.346. The van der Waals surface area contributed by atoms with Gasteiger partial charge >= 0.3 is 5.92 Å². The van der Waals surface area contributed by atoms with Crippen LogP contribution < -0.4 is 15.8 Å². The number of hydrogen-bond acceptors (Lipinski definition) is 7. The molecule has 5 rings (SSSR count). The third kappa shape index (κ3) is 5.29. The van der Waals surface area contributed by atoms with Crippen LogP contribution in [0.2, 0.25) is 0 Å². The van der Waals surface area contributed by atoms with Crippen molar-refractivity contribution in [3.05, 3.63) is 76.3 Å². The zero-order valence-electron chi connectivity index (χ0n) is 19.7. The van der Waals surface area contributed by atoms with E-state index in [0.717, 1.165) is 70.9 Å². The van der Waals surface area contributed by atoms with Gasteiger partial charge in [-0.25, -0.2) is 19.3 Å². The molecule has 3 N–H and O–H groups in total. The number of nitrogens with two attached hydrogens (primary N) is 1. The molecule has 1 aliphatic carbocycles. The van der Waals surface area contributed by atoms with E-state index in [-0.39, 0.29) is 30.0 Å². The van der Waals surface area contributed by atoms with E-state index < -0.39 is 17.4 Å². The van der Waals surface area contributed by atoms with E-state index in [1.54, 1.807) is 7.11 Å². The minimum atomic E-state index is -3.43. The van der Waals surface area contributed by atoms with Crippen LogP contribution in [0.15, 0.2) is 48.5 Å². The van der Waals surface area contributed by atoms with Crippen molar-refractivity contribution in [2.75, 3.05) is 12.4 Å². The molecule has 0 bridgehead atoms. The maximum atomic E-state index is 15.5. The van der Waals surface area contributed by atoms with Gasteiger partial charge in [-0.1, -0.05) is 0 Å². The van der Waals surface area contributed by atoms with Crippen LogP contribution in [0, 0.1) is 5.82 Å². The van der Waals surface area contributed by atoms with Gasteiger partial charge in [0, 0.05) is 24.1 Å². The molecule has 1 saturated carbocycles.